The maximum Gasteiger partial charge on any atom is 0.411 e. The Bertz CT molecular complexity index is 387. The fourth-order valence-electron chi connectivity index (χ4n) is 1.71. The molecule has 0 aromatic rings. The van der Waals surface area contributed by atoms with Crippen LogP contribution >= 0.6 is 0 Å². The second kappa shape index (κ2) is 6.69. The normalized spacial score (nSPS) is 20.3. The lowest BCUT2D eigenvalue weighted by Gasteiger charge is -2.29. The van der Waals surface area contributed by atoms with Gasteiger partial charge in [0.25, 0.3) is 0 Å². The number of esters is 1. The van der Waals surface area contributed by atoms with Crippen LogP contribution in [0.2, 0.25) is 0 Å². The van der Waals surface area contributed by atoms with Gasteiger partial charge in [-0.05, 0) is 27.7 Å². The summed E-state index contributed by atoms with van der Waals surface area (Å²) in [6.07, 6.45) is -0.727. The number of carbonyl (C=O) groups is 3. The van der Waals surface area contributed by atoms with Crippen molar-refractivity contribution in [3.05, 3.63) is 0 Å². The zero-order chi connectivity index (χ0) is 15.3. The minimum atomic E-state index is -1.30. The third-order valence-electron chi connectivity index (χ3n) is 2.48. The molecule has 20 heavy (non-hydrogen) atoms. The molecule has 7 nitrogen and oxygen atoms in total. The molecule has 1 amide bonds. The quantitative estimate of drug-likeness (QED) is 0.550. The highest BCUT2D eigenvalue weighted by molar-refractivity contribution is 6.06. The second-order valence-corrected chi connectivity index (χ2v) is 5.35. The monoisotopic (exact) mass is 287 g/mol. The molecule has 0 bridgehead atoms. The Morgan fingerprint density at radius 1 is 1.40 bits per heavy atom. The zero-order valence-corrected chi connectivity index (χ0v) is 12.3. The van der Waals surface area contributed by atoms with Gasteiger partial charge in [0.2, 0.25) is 0 Å². The molecule has 0 aliphatic carbocycles. The Kier molecular flexibility index (Phi) is 5.50. The van der Waals surface area contributed by atoms with Crippen LogP contribution in [0.3, 0.4) is 0 Å². The topological polar surface area (TPSA) is 82.1 Å². The minimum absolute atomic E-state index is 0.101. The number of ether oxygens (including phenoxy) is 3. The highest BCUT2D eigenvalue weighted by Crippen LogP contribution is 2.15. The van der Waals surface area contributed by atoms with Crippen LogP contribution in [0.15, 0.2) is 0 Å². The first-order valence-corrected chi connectivity index (χ1v) is 6.53. The van der Waals surface area contributed by atoms with Crippen molar-refractivity contribution < 1.29 is 28.6 Å². The van der Waals surface area contributed by atoms with E-state index in [0.717, 1.165) is 4.90 Å². The fourth-order valence-corrected chi connectivity index (χ4v) is 1.71. The Morgan fingerprint density at radius 3 is 2.60 bits per heavy atom. The maximum atomic E-state index is 12.1. The van der Waals surface area contributed by atoms with Crippen molar-refractivity contribution >= 4 is 17.8 Å². The molecule has 1 aliphatic rings. The molecule has 1 saturated heterocycles. The van der Waals surface area contributed by atoms with Gasteiger partial charge in [-0.25, -0.2) is 9.59 Å². The predicted octanol–water partition coefficient (Wildman–Crippen LogP) is 0.754. The van der Waals surface area contributed by atoms with E-state index in [9.17, 15) is 14.4 Å². The lowest BCUT2D eigenvalue weighted by Crippen LogP contribution is -2.52. The standard InChI is InChI=1S/C13H21NO6/c1-5-19-11(16)10-9(15)8-18-7-6-14(10)12(17)20-13(2,3)4/h10H,5-8H2,1-4H3/t10-/m1/s1. The summed E-state index contributed by atoms with van der Waals surface area (Å²) in [6.45, 7) is 6.94. The van der Waals surface area contributed by atoms with Crippen molar-refractivity contribution in [2.75, 3.05) is 26.4 Å². The van der Waals surface area contributed by atoms with Crippen molar-refractivity contribution in [1.82, 2.24) is 4.90 Å². The molecule has 1 atom stereocenters. The Balaban J connectivity index is 2.94. The molecule has 0 saturated carbocycles. The molecular formula is C13H21NO6. The summed E-state index contributed by atoms with van der Waals surface area (Å²) >= 11 is 0. The highest BCUT2D eigenvalue weighted by atomic mass is 16.6. The van der Waals surface area contributed by atoms with E-state index in [0.29, 0.717) is 0 Å². The van der Waals surface area contributed by atoms with Gasteiger partial charge in [0, 0.05) is 6.54 Å². The molecule has 1 fully saturated rings. The molecule has 1 heterocycles. The molecule has 1 aliphatic heterocycles. The SMILES string of the molecule is CCOC(=O)[C@H]1C(=O)COCCN1C(=O)OC(C)(C)C. The number of nitrogens with zero attached hydrogens (tertiary/aromatic N) is 1. The summed E-state index contributed by atoms with van der Waals surface area (Å²) in [6, 6.07) is -1.30. The molecule has 0 spiro atoms. The predicted molar refractivity (Wildman–Crippen MR) is 69.2 cm³/mol. The van der Waals surface area contributed by atoms with E-state index in [1.54, 1.807) is 27.7 Å². The first-order chi connectivity index (χ1) is 9.26. The van der Waals surface area contributed by atoms with Crippen LogP contribution in [0.1, 0.15) is 27.7 Å². The highest BCUT2D eigenvalue weighted by Gasteiger charge is 2.40. The lowest BCUT2D eigenvalue weighted by atomic mass is 10.1. The van der Waals surface area contributed by atoms with Gasteiger partial charge in [-0.15, -0.1) is 0 Å². The van der Waals surface area contributed by atoms with E-state index in [1.165, 1.54) is 0 Å². The Labute approximate surface area is 118 Å². The zero-order valence-electron chi connectivity index (χ0n) is 12.3. The Hall–Kier alpha value is -1.63. The van der Waals surface area contributed by atoms with Crippen LogP contribution in [-0.2, 0) is 23.8 Å². The van der Waals surface area contributed by atoms with E-state index >= 15 is 0 Å². The summed E-state index contributed by atoms with van der Waals surface area (Å²) in [4.78, 5) is 37.0. The van der Waals surface area contributed by atoms with Gasteiger partial charge < -0.3 is 14.2 Å². The first kappa shape index (κ1) is 16.4. The van der Waals surface area contributed by atoms with Crippen molar-refractivity contribution in [3.63, 3.8) is 0 Å². The summed E-state index contributed by atoms with van der Waals surface area (Å²) in [5.74, 6) is -1.26. The van der Waals surface area contributed by atoms with E-state index in [-0.39, 0.29) is 26.4 Å². The van der Waals surface area contributed by atoms with Gasteiger partial charge in [0.05, 0.1) is 13.2 Å². The van der Waals surface area contributed by atoms with E-state index in [4.69, 9.17) is 14.2 Å². The number of carbonyl (C=O) groups excluding carboxylic acids is 3. The van der Waals surface area contributed by atoms with Crippen LogP contribution < -0.4 is 0 Å². The average molecular weight is 287 g/mol. The van der Waals surface area contributed by atoms with Gasteiger partial charge in [0.15, 0.2) is 11.8 Å². The number of amides is 1. The van der Waals surface area contributed by atoms with E-state index in [1.807, 2.05) is 0 Å². The number of Topliss-reactive ketones (excluding diaryl/α,β-unsaturated/α-hetero) is 1. The van der Waals surface area contributed by atoms with Crippen molar-refractivity contribution in [3.8, 4) is 0 Å². The van der Waals surface area contributed by atoms with E-state index in [2.05, 4.69) is 0 Å². The molecule has 0 N–H and O–H groups in total. The molecular weight excluding hydrogens is 266 g/mol. The molecule has 114 valence electrons. The molecule has 1 rings (SSSR count). The number of ketones is 1. The number of hydrogen-bond acceptors (Lipinski definition) is 6. The second-order valence-electron chi connectivity index (χ2n) is 5.35. The van der Waals surface area contributed by atoms with Crippen LogP contribution in [-0.4, -0.2) is 60.8 Å². The van der Waals surface area contributed by atoms with E-state index < -0.39 is 29.5 Å². The van der Waals surface area contributed by atoms with Gasteiger partial charge >= 0.3 is 12.1 Å². The Morgan fingerprint density at radius 2 is 2.05 bits per heavy atom. The average Bonchev–Trinajstić information content (AvgIpc) is 2.49. The van der Waals surface area contributed by atoms with Gasteiger partial charge in [-0.2, -0.15) is 0 Å². The fraction of sp³-hybridized carbons (Fsp3) is 0.769. The summed E-state index contributed by atoms with van der Waals surface area (Å²) < 4.78 is 15.1. The van der Waals surface area contributed by atoms with Gasteiger partial charge in [-0.1, -0.05) is 0 Å². The maximum absolute atomic E-state index is 12.1. The smallest absolute Gasteiger partial charge is 0.411 e. The van der Waals surface area contributed by atoms with Crippen molar-refractivity contribution in [2.24, 2.45) is 0 Å². The van der Waals surface area contributed by atoms with Crippen LogP contribution in [0.5, 0.6) is 0 Å². The molecule has 0 radical (unpaired) electrons. The largest absolute Gasteiger partial charge is 0.464 e. The third kappa shape index (κ3) is 4.48. The lowest BCUT2D eigenvalue weighted by molar-refractivity contribution is -0.152. The molecule has 0 unspecified atom stereocenters. The third-order valence-corrected chi connectivity index (χ3v) is 2.48. The van der Waals surface area contributed by atoms with Crippen LogP contribution in [0.4, 0.5) is 4.79 Å². The molecule has 7 heteroatoms. The summed E-state index contributed by atoms with van der Waals surface area (Å²) in [5, 5.41) is 0. The number of hydrogen-bond donors (Lipinski definition) is 0. The van der Waals surface area contributed by atoms with Crippen LogP contribution in [0.25, 0.3) is 0 Å². The summed E-state index contributed by atoms with van der Waals surface area (Å²) in [7, 11) is 0. The molecule has 0 aromatic heterocycles. The first-order valence-electron chi connectivity index (χ1n) is 6.53. The van der Waals surface area contributed by atoms with Crippen molar-refractivity contribution in [1.29, 1.82) is 0 Å². The number of rotatable bonds is 2. The van der Waals surface area contributed by atoms with Crippen molar-refractivity contribution in [2.45, 2.75) is 39.3 Å². The van der Waals surface area contributed by atoms with Gasteiger partial charge in [0.1, 0.15) is 12.2 Å². The molecule has 0 aromatic carbocycles. The van der Waals surface area contributed by atoms with Gasteiger partial charge in [-0.3, -0.25) is 9.69 Å². The summed E-state index contributed by atoms with van der Waals surface area (Å²) in [5.41, 5.74) is -0.716. The minimum Gasteiger partial charge on any atom is -0.464 e. The van der Waals surface area contributed by atoms with Crippen LogP contribution in [0, 0.1) is 0 Å².